The Morgan fingerprint density at radius 3 is 2.67 bits per heavy atom. The van der Waals surface area contributed by atoms with Gasteiger partial charge in [-0.1, -0.05) is 12.1 Å². The molecule has 0 aliphatic carbocycles. The standard InChI is InChI=1S/C13H15NO4/c1-13(8-15,9-16)12(17)18-7-11-4-2-3-10(5-11)6-14/h2-5,15-16H,7-9H2,1H3. The normalized spacial score (nSPS) is 10.8. The number of rotatable bonds is 5. The van der Waals surface area contributed by atoms with E-state index in [2.05, 4.69) is 0 Å². The molecule has 5 heteroatoms. The number of hydrogen-bond donors (Lipinski definition) is 2. The molecular formula is C13H15NO4. The number of hydrogen-bond acceptors (Lipinski definition) is 5. The number of benzene rings is 1. The van der Waals surface area contributed by atoms with Crippen molar-refractivity contribution in [3.8, 4) is 6.07 Å². The maximum Gasteiger partial charge on any atom is 0.316 e. The number of carbonyl (C=O) groups excluding carboxylic acids is 1. The van der Waals surface area contributed by atoms with Gasteiger partial charge in [0.2, 0.25) is 0 Å². The molecule has 0 spiro atoms. The third-order valence-corrected chi connectivity index (χ3v) is 2.62. The summed E-state index contributed by atoms with van der Waals surface area (Å²) in [5.74, 6) is -0.671. The minimum absolute atomic E-state index is 0.00391. The van der Waals surface area contributed by atoms with Crippen LogP contribution in [-0.2, 0) is 16.1 Å². The predicted octanol–water partition coefficient (Wildman–Crippen LogP) is 0.592. The van der Waals surface area contributed by atoms with Gasteiger partial charge in [0.05, 0.1) is 24.8 Å². The molecule has 1 aromatic rings. The van der Waals surface area contributed by atoms with Gasteiger partial charge < -0.3 is 14.9 Å². The van der Waals surface area contributed by atoms with E-state index in [0.717, 1.165) is 0 Å². The van der Waals surface area contributed by atoms with Crippen LogP contribution >= 0.6 is 0 Å². The van der Waals surface area contributed by atoms with Crippen LogP contribution in [0.3, 0.4) is 0 Å². The van der Waals surface area contributed by atoms with Crippen molar-refractivity contribution in [2.45, 2.75) is 13.5 Å². The zero-order chi connectivity index (χ0) is 13.6. The molecular weight excluding hydrogens is 234 g/mol. The Hall–Kier alpha value is -1.90. The van der Waals surface area contributed by atoms with Gasteiger partial charge in [-0.3, -0.25) is 4.79 Å². The molecule has 5 nitrogen and oxygen atoms in total. The van der Waals surface area contributed by atoms with Crippen molar-refractivity contribution in [1.82, 2.24) is 0 Å². The fourth-order valence-corrected chi connectivity index (χ4v) is 1.23. The minimum atomic E-state index is -1.30. The van der Waals surface area contributed by atoms with E-state index in [4.69, 9.17) is 20.2 Å². The number of carbonyl (C=O) groups is 1. The molecule has 0 fully saturated rings. The summed E-state index contributed by atoms with van der Waals surface area (Å²) >= 11 is 0. The first-order chi connectivity index (χ1) is 8.55. The van der Waals surface area contributed by atoms with E-state index < -0.39 is 24.6 Å². The summed E-state index contributed by atoms with van der Waals surface area (Å²) in [6.45, 7) is 0.451. The Kier molecular flexibility index (Phi) is 4.84. The van der Waals surface area contributed by atoms with Crippen LogP contribution in [0.15, 0.2) is 24.3 Å². The van der Waals surface area contributed by atoms with E-state index in [-0.39, 0.29) is 6.61 Å². The number of aliphatic hydroxyl groups is 2. The van der Waals surface area contributed by atoms with Gasteiger partial charge in [0.15, 0.2) is 0 Å². The summed E-state index contributed by atoms with van der Waals surface area (Å²) in [6.07, 6.45) is 0. The van der Waals surface area contributed by atoms with Crippen molar-refractivity contribution in [1.29, 1.82) is 5.26 Å². The van der Waals surface area contributed by atoms with E-state index in [9.17, 15) is 4.79 Å². The number of nitriles is 1. The molecule has 0 saturated heterocycles. The highest BCUT2D eigenvalue weighted by Crippen LogP contribution is 2.17. The average Bonchev–Trinajstić information content (AvgIpc) is 2.43. The lowest BCUT2D eigenvalue weighted by molar-refractivity contribution is -0.161. The fourth-order valence-electron chi connectivity index (χ4n) is 1.23. The number of ether oxygens (including phenoxy) is 1. The van der Waals surface area contributed by atoms with E-state index in [0.29, 0.717) is 11.1 Å². The highest BCUT2D eigenvalue weighted by atomic mass is 16.5. The monoisotopic (exact) mass is 249 g/mol. The SMILES string of the molecule is CC(CO)(CO)C(=O)OCc1cccc(C#N)c1. The van der Waals surface area contributed by atoms with Crippen molar-refractivity contribution < 1.29 is 19.7 Å². The fraction of sp³-hybridized carbons (Fsp3) is 0.385. The van der Waals surface area contributed by atoms with Crippen molar-refractivity contribution in [2.24, 2.45) is 5.41 Å². The van der Waals surface area contributed by atoms with Gasteiger partial charge in [-0.05, 0) is 24.6 Å². The minimum Gasteiger partial charge on any atom is -0.460 e. The van der Waals surface area contributed by atoms with Crippen molar-refractivity contribution in [3.05, 3.63) is 35.4 Å². The molecule has 0 atom stereocenters. The summed E-state index contributed by atoms with van der Waals surface area (Å²) in [7, 11) is 0. The summed E-state index contributed by atoms with van der Waals surface area (Å²) in [6, 6.07) is 8.67. The Morgan fingerprint density at radius 1 is 1.44 bits per heavy atom. The molecule has 0 aliphatic heterocycles. The number of esters is 1. The third kappa shape index (κ3) is 3.29. The lowest BCUT2D eigenvalue weighted by Gasteiger charge is -2.22. The maximum absolute atomic E-state index is 11.6. The lowest BCUT2D eigenvalue weighted by atomic mass is 9.93. The van der Waals surface area contributed by atoms with Gasteiger partial charge in [0.1, 0.15) is 12.0 Å². The molecule has 1 aromatic carbocycles. The second-order valence-corrected chi connectivity index (χ2v) is 4.27. The Morgan fingerprint density at radius 2 is 2.11 bits per heavy atom. The van der Waals surface area contributed by atoms with Crippen LogP contribution < -0.4 is 0 Å². The molecule has 2 N–H and O–H groups in total. The van der Waals surface area contributed by atoms with Gasteiger partial charge >= 0.3 is 5.97 Å². The lowest BCUT2D eigenvalue weighted by Crippen LogP contribution is -2.36. The molecule has 0 unspecified atom stereocenters. The van der Waals surface area contributed by atoms with Gasteiger partial charge in [0.25, 0.3) is 0 Å². The molecule has 0 radical (unpaired) electrons. The first kappa shape index (κ1) is 14.2. The Bertz CT molecular complexity index is 460. The Balaban J connectivity index is 2.65. The van der Waals surface area contributed by atoms with Crippen LogP contribution in [0.4, 0.5) is 0 Å². The van der Waals surface area contributed by atoms with Gasteiger partial charge in [-0.25, -0.2) is 0 Å². The van der Waals surface area contributed by atoms with Crippen LogP contribution in [-0.4, -0.2) is 29.4 Å². The van der Waals surface area contributed by atoms with Crippen LogP contribution in [0.25, 0.3) is 0 Å². The van der Waals surface area contributed by atoms with E-state index in [1.807, 2.05) is 6.07 Å². The van der Waals surface area contributed by atoms with Crippen LogP contribution in [0.5, 0.6) is 0 Å². The second kappa shape index (κ2) is 6.15. The number of nitrogens with zero attached hydrogens (tertiary/aromatic N) is 1. The first-order valence-electron chi connectivity index (χ1n) is 5.44. The van der Waals surface area contributed by atoms with E-state index >= 15 is 0 Å². The predicted molar refractivity (Wildman–Crippen MR) is 63.2 cm³/mol. The average molecular weight is 249 g/mol. The zero-order valence-corrected chi connectivity index (χ0v) is 10.1. The first-order valence-corrected chi connectivity index (χ1v) is 5.44. The molecule has 0 aliphatic rings. The molecule has 0 amide bonds. The third-order valence-electron chi connectivity index (χ3n) is 2.62. The highest BCUT2D eigenvalue weighted by Gasteiger charge is 2.33. The quantitative estimate of drug-likeness (QED) is 0.745. The second-order valence-electron chi connectivity index (χ2n) is 4.27. The summed E-state index contributed by atoms with van der Waals surface area (Å²) in [5.41, 5.74) is -0.136. The van der Waals surface area contributed by atoms with Gasteiger partial charge in [-0.2, -0.15) is 5.26 Å². The van der Waals surface area contributed by atoms with Crippen molar-refractivity contribution in [2.75, 3.05) is 13.2 Å². The van der Waals surface area contributed by atoms with E-state index in [1.165, 1.54) is 6.92 Å². The molecule has 0 saturated carbocycles. The summed E-state index contributed by atoms with van der Waals surface area (Å²) in [5, 5.41) is 26.8. The smallest absolute Gasteiger partial charge is 0.316 e. The maximum atomic E-state index is 11.6. The Labute approximate surface area is 105 Å². The highest BCUT2D eigenvalue weighted by molar-refractivity contribution is 5.76. The molecule has 96 valence electrons. The van der Waals surface area contributed by atoms with Crippen LogP contribution in [0.1, 0.15) is 18.1 Å². The van der Waals surface area contributed by atoms with Gasteiger partial charge in [0, 0.05) is 0 Å². The largest absolute Gasteiger partial charge is 0.460 e. The van der Waals surface area contributed by atoms with Crippen molar-refractivity contribution >= 4 is 5.97 Å². The van der Waals surface area contributed by atoms with Crippen LogP contribution in [0, 0.1) is 16.7 Å². The van der Waals surface area contributed by atoms with Crippen molar-refractivity contribution in [3.63, 3.8) is 0 Å². The summed E-state index contributed by atoms with van der Waals surface area (Å²) in [4.78, 5) is 11.6. The molecule has 0 bridgehead atoms. The molecule has 1 rings (SSSR count). The van der Waals surface area contributed by atoms with Gasteiger partial charge in [-0.15, -0.1) is 0 Å². The topological polar surface area (TPSA) is 90.6 Å². The van der Waals surface area contributed by atoms with Crippen LogP contribution in [0.2, 0.25) is 0 Å². The van der Waals surface area contributed by atoms with E-state index in [1.54, 1.807) is 24.3 Å². The summed E-state index contributed by atoms with van der Waals surface area (Å²) < 4.78 is 5.01. The molecule has 0 heterocycles. The molecule has 18 heavy (non-hydrogen) atoms. The molecule has 0 aromatic heterocycles. The number of aliphatic hydroxyl groups excluding tert-OH is 2. The zero-order valence-electron chi connectivity index (χ0n) is 10.1.